The van der Waals surface area contributed by atoms with Gasteiger partial charge in [-0.3, -0.25) is 14.7 Å². The van der Waals surface area contributed by atoms with Gasteiger partial charge < -0.3 is 5.32 Å². The summed E-state index contributed by atoms with van der Waals surface area (Å²) in [5, 5.41) is 8.25. The number of nitrogens with two attached hydrogens (primary N) is 1. The van der Waals surface area contributed by atoms with E-state index in [2.05, 4.69) is 22.2 Å². The smallest absolute Gasteiger partial charge is 0.224 e. The van der Waals surface area contributed by atoms with Crippen molar-refractivity contribution in [3.05, 3.63) is 54.6 Å². The van der Waals surface area contributed by atoms with E-state index in [9.17, 15) is 4.79 Å². The van der Waals surface area contributed by atoms with Crippen molar-refractivity contribution in [2.75, 3.05) is 11.9 Å². The van der Waals surface area contributed by atoms with Crippen LogP contribution in [0.25, 0.3) is 11.1 Å². The molecule has 2 rings (SSSR count). The van der Waals surface area contributed by atoms with Crippen molar-refractivity contribution in [1.82, 2.24) is 4.72 Å². The van der Waals surface area contributed by atoms with Gasteiger partial charge in [0, 0.05) is 30.8 Å². The predicted octanol–water partition coefficient (Wildman–Crippen LogP) is 3.96. The minimum Gasteiger partial charge on any atom is -0.326 e. The number of carbonyl (C=O) groups is 1. The second kappa shape index (κ2) is 10.0. The number of unbranched alkanes of at least 4 members (excludes halogenated alkanes) is 2. The fourth-order valence-corrected chi connectivity index (χ4v) is 2.61. The number of hydrogen-bond donors (Lipinski definition) is 3. The summed E-state index contributed by atoms with van der Waals surface area (Å²) < 4.78 is 2.99. The lowest BCUT2D eigenvalue weighted by Crippen LogP contribution is -2.12. The van der Waals surface area contributed by atoms with Crippen LogP contribution in [0, 0.1) is 0 Å². The molecule has 0 saturated heterocycles. The van der Waals surface area contributed by atoms with Crippen LogP contribution in [-0.2, 0) is 4.79 Å². The number of amides is 1. The van der Waals surface area contributed by atoms with E-state index in [4.69, 9.17) is 5.14 Å². The third-order valence-corrected chi connectivity index (χ3v) is 3.89. The molecule has 0 aromatic heterocycles. The van der Waals surface area contributed by atoms with Gasteiger partial charge in [0.1, 0.15) is 0 Å². The van der Waals surface area contributed by atoms with Gasteiger partial charge in [-0.25, -0.2) is 0 Å². The van der Waals surface area contributed by atoms with Crippen LogP contribution in [0.1, 0.15) is 25.7 Å². The quantitative estimate of drug-likeness (QED) is 0.481. The summed E-state index contributed by atoms with van der Waals surface area (Å²) in [6.45, 7) is 0.877. The molecule has 4 nitrogen and oxygen atoms in total. The molecule has 0 aliphatic heterocycles. The highest BCUT2D eigenvalue weighted by atomic mass is 32.2. The number of rotatable bonds is 9. The maximum Gasteiger partial charge on any atom is 0.224 e. The number of nitrogens with one attached hydrogen (secondary N) is 2. The largest absolute Gasteiger partial charge is 0.326 e. The zero-order chi connectivity index (χ0) is 16.3. The summed E-state index contributed by atoms with van der Waals surface area (Å²) in [6, 6.07) is 18.1. The van der Waals surface area contributed by atoms with Gasteiger partial charge >= 0.3 is 0 Å². The molecule has 2 aromatic rings. The molecule has 0 radical (unpaired) electrons. The fraction of sp³-hybridized carbons (Fsp3) is 0.278. The Bertz CT molecular complexity index is 604. The van der Waals surface area contributed by atoms with E-state index in [0.717, 1.165) is 54.8 Å². The maximum atomic E-state index is 12.0. The molecule has 0 unspecified atom stereocenters. The lowest BCUT2D eigenvalue weighted by Gasteiger charge is -2.08. The van der Waals surface area contributed by atoms with Gasteiger partial charge in [-0.1, -0.05) is 48.9 Å². The van der Waals surface area contributed by atoms with Gasteiger partial charge in [-0.15, -0.1) is 0 Å². The standard InChI is InChI=1S/C18H23N3OS/c19-23-20-13-6-2-5-12-18(22)21-17-11-7-10-16(14-17)15-8-3-1-4-9-15/h1,3-4,7-11,14,20H,2,5-6,12-13,19H2,(H,21,22). The highest BCUT2D eigenvalue weighted by Crippen LogP contribution is 2.22. The number of benzene rings is 2. The molecule has 0 aliphatic carbocycles. The summed E-state index contributed by atoms with van der Waals surface area (Å²) in [6.07, 6.45) is 3.48. The van der Waals surface area contributed by atoms with Gasteiger partial charge in [0.25, 0.3) is 0 Å². The molecule has 0 fully saturated rings. The van der Waals surface area contributed by atoms with E-state index in [-0.39, 0.29) is 5.91 Å². The van der Waals surface area contributed by atoms with Gasteiger partial charge in [0.15, 0.2) is 0 Å². The molecule has 5 heteroatoms. The normalized spacial score (nSPS) is 10.5. The summed E-state index contributed by atoms with van der Waals surface area (Å²) in [5.41, 5.74) is 3.10. The van der Waals surface area contributed by atoms with Crippen molar-refractivity contribution in [3.8, 4) is 11.1 Å². The SMILES string of the molecule is NSNCCCCCC(=O)Nc1cccc(-c2ccccc2)c1. The maximum absolute atomic E-state index is 12.0. The molecule has 1 amide bonds. The average molecular weight is 329 g/mol. The molecule has 0 saturated carbocycles. The first-order valence-electron chi connectivity index (χ1n) is 7.83. The summed E-state index contributed by atoms with van der Waals surface area (Å²) in [4.78, 5) is 12.0. The topological polar surface area (TPSA) is 67.1 Å². The van der Waals surface area contributed by atoms with Crippen molar-refractivity contribution >= 4 is 23.7 Å². The van der Waals surface area contributed by atoms with Crippen LogP contribution < -0.4 is 15.2 Å². The van der Waals surface area contributed by atoms with Gasteiger partial charge in [-0.2, -0.15) is 0 Å². The molecular weight excluding hydrogens is 306 g/mol. The molecule has 0 bridgehead atoms. The number of carbonyl (C=O) groups excluding carboxylic acids is 1. The highest BCUT2D eigenvalue weighted by molar-refractivity contribution is 7.95. The Labute approximate surface area is 142 Å². The average Bonchev–Trinajstić information content (AvgIpc) is 2.59. The van der Waals surface area contributed by atoms with Crippen LogP contribution >= 0.6 is 12.1 Å². The first-order chi connectivity index (χ1) is 11.3. The Hall–Kier alpha value is -1.82. The lowest BCUT2D eigenvalue weighted by molar-refractivity contribution is -0.116. The predicted molar refractivity (Wildman–Crippen MR) is 98.8 cm³/mol. The number of anilines is 1. The van der Waals surface area contributed by atoms with Crippen LogP contribution in [-0.4, -0.2) is 12.5 Å². The van der Waals surface area contributed by atoms with E-state index in [1.165, 1.54) is 0 Å². The molecule has 4 N–H and O–H groups in total. The van der Waals surface area contributed by atoms with E-state index < -0.39 is 0 Å². The minimum atomic E-state index is 0.0661. The lowest BCUT2D eigenvalue weighted by atomic mass is 10.1. The van der Waals surface area contributed by atoms with E-state index in [0.29, 0.717) is 6.42 Å². The fourth-order valence-electron chi connectivity index (χ4n) is 2.35. The van der Waals surface area contributed by atoms with Crippen molar-refractivity contribution in [1.29, 1.82) is 0 Å². The summed E-state index contributed by atoms with van der Waals surface area (Å²) >= 11 is 1.14. The Morgan fingerprint density at radius 2 is 1.74 bits per heavy atom. The second-order valence-electron chi connectivity index (χ2n) is 5.32. The molecule has 0 aliphatic rings. The van der Waals surface area contributed by atoms with Crippen molar-refractivity contribution < 1.29 is 4.79 Å². The Kier molecular flexibility index (Phi) is 7.66. The van der Waals surface area contributed by atoms with E-state index in [1.54, 1.807) is 0 Å². The summed E-state index contributed by atoms with van der Waals surface area (Å²) in [7, 11) is 0. The van der Waals surface area contributed by atoms with Gasteiger partial charge in [-0.05, 0) is 36.1 Å². The third-order valence-electron chi connectivity index (χ3n) is 3.52. The zero-order valence-corrected chi connectivity index (χ0v) is 13.9. The molecule has 0 spiro atoms. The molecule has 23 heavy (non-hydrogen) atoms. The van der Waals surface area contributed by atoms with Crippen LogP contribution in [0.3, 0.4) is 0 Å². The van der Waals surface area contributed by atoms with E-state index in [1.807, 2.05) is 42.5 Å². The molecular formula is C18H23N3OS. The third kappa shape index (κ3) is 6.44. The first kappa shape index (κ1) is 17.5. The molecule has 2 aromatic carbocycles. The molecule has 0 atom stereocenters. The minimum absolute atomic E-state index is 0.0661. The Morgan fingerprint density at radius 3 is 2.52 bits per heavy atom. The summed E-state index contributed by atoms with van der Waals surface area (Å²) in [5.74, 6) is 0.0661. The zero-order valence-electron chi connectivity index (χ0n) is 13.1. The molecule has 122 valence electrons. The van der Waals surface area contributed by atoms with Crippen molar-refractivity contribution in [2.45, 2.75) is 25.7 Å². The van der Waals surface area contributed by atoms with Crippen LogP contribution in [0.2, 0.25) is 0 Å². The van der Waals surface area contributed by atoms with Crippen molar-refractivity contribution in [3.63, 3.8) is 0 Å². The number of hydrogen-bond acceptors (Lipinski definition) is 4. The van der Waals surface area contributed by atoms with Crippen LogP contribution in [0.15, 0.2) is 54.6 Å². The van der Waals surface area contributed by atoms with Crippen LogP contribution in [0.4, 0.5) is 5.69 Å². The molecule has 0 heterocycles. The Balaban J connectivity index is 1.80. The van der Waals surface area contributed by atoms with Crippen molar-refractivity contribution in [2.24, 2.45) is 5.14 Å². The Morgan fingerprint density at radius 1 is 0.957 bits per heavy atom. The van der Waals surface area contributed by atoms with Gasteiger partial charge in [0.2, 0.25) is 5.91 Å². The first-order valence-corrected chi connectivity index (χ1v) is 8.71. The highest BCUT2D eigenvalue weighted by Gasteiger charge is 2.04. The monoisotopic (exact) mass is 329 g/mol. The van der Waals surface area contributed by atoms with Crippen LogP contribution in [0.5, 0.6) is 0 Å². The van der Waals surface area contributed by atoms with E-state index >= 15 is 0 Å². The second-order valence-corrected chi connectivity index (χ2v) is 5.84. The van der Waals surface area contributed by atoms with Gasteiger partial charge in [0.05, 0.1) is 0 Å².